The number of nitro groups is 1. The third-order valence-electron chi connectivity index (χ3n) is 3.39. The van der Waals surface area contributed by atoms with Crippen LogP contribution in [0.2, 0.25) is 5.02 Å². The number of hydrogen-bond acceptors (Lipinski definition) is 5. The Balaban J connectivity index is 2.17. The monoisotopic (exact) mass is 314 g/mol. The van der Waals surface area contributed by atoms with Crippen molar-refractivity contribution in [3.63, 3.8) is 0 Å². The van der Waals surface area contributed by atoms with Crippen LogP contribution in [0.5, 0.6) is 0 Å². The summed E-state index contributed by atoms with van der Waals surface area (Å²) in [7, 11) is 0. The smallest absolute Gasteiger partial charge is 0.269 e. The Morgan fingerprint density at radius 3 is 2.90 bits per heavy atom. The van der Waals surface area contributed by atoms with Crippen molar-refractivity contribution in [1.82, 2.24) is 4.90 Å². The largest absolute Gasteiger partial charge is 0.394 e. The van der Waals surface area contributed by atoms with Crippen molar-refractivity contribution in [2.45, 2.75) is 32.1 Å². The first-order valence-electron chi connectivity index (χ1n) is 6.74. The Morgan fingerprint density at radius 1 is 1.57 bits per heavy atom. The van der Waals surface area contributed by atoms with E-state index in [4.69, 9.17) is 16.3 Å². The fourth-order valence-electron chi connectivity index (χ4n) is 2.67. The average Bonchev–Trinajstić information content (AvgIpc) is 2.39. The van der Waals surface area contributed by atoms with Crippen LogP contribution in [0, 0.1) is 10.1 Å². The summed E-state index contributed by atoms with van der Waals surface area (Å²) in [6, 6.07) is 4.44. The number of halogens is 1. The maximum absolute atomic E-state index is 10.9. The highest BCUT2D eigenvalue weighted by Gasteiger charge is 2.33. The first-order chi connectivity index (χ1) is 9.80. The van der Waals surface area contributed by atoms with E-state index in [-0.39, 0.29) is 24.0 Å². The molecule has 6 nitrogen and oxygen atoms in total. The molecule has 7 heteroatoms. The molecule has 116 valence electrons. The molecule has 1 aliphatic heterocycles. The zero-order valence-electron chi connectivity index (χ0n) is 12.1. The van der Waals surface area contributed by atoms with Gasteiger partial charge in [-0.25, -0.2) is 0 Å². The lowest BCUT2D eigenvalue weighted by atomic mass is 10.0. The van der Waals surface area contributed by atoms with Crippen LogP contribution in [0.1, 0.15) is 19.4 Å². The van der Waals surface area contributed by atoms with E-state index in [0.29, 0.717) is 30.2 Å². The minimum absolute atomic E-state index is 0.0284. The molecule has 21 heavy (non-hydrogen) atoms. The molecule has 1 atom stereocenters. The SMILES string of the molecule is CC1(C)CN(Cc2cc([N+](=O)[O-])ccc2Cl)CC(CO)O1. The van der Waals surface area contributed by atoms with Crippen LogP contribution in [0.15, 0.2) is 18.2 Å². The molecule has 0 aliphatic carbocycles. The third-order valence-corrected chi connectivity index (χ3v) is 3.76. The van der Waals surface area contributed by atoms with E-state index in [1.165, 1.54) is 12.1 Å². The van der Waals surface area contributed by atoms with Gasteiger partial charge in [-0.05, 0) is 25.5 Å². The fourth-order valence-corrected chi connectivity index (χ4v) is 2.85. The van der Waals surface area contributed by atoms with Gasteiger partial charge < -0.3 is 9.84 Å². The van der Waals surface area contributed by atoms with E-state index in [0.717, 1.165) is 0 Å². The van der Waals surface area contributed by atoms with Crippen LogP contribution >= 0.6 is 11.6 Å². The molecular formula is C14H19ClN2O4. The van der Waals surface area contributed by atoms with Gasteiger partial charge >= 0.3 is 0 Å². The molecular weight excluding hydrogens is 296 g/mol. The summed E-state index contributed by atoms with van der Waals surface area (Å²) < 4.78 is 5.75. The average molecular weight is 315 g/mol. The lowest BCUT2D eigenvalue weighted by molar-refractivity contribution is -0.384. The number of aliphatic hydroxyl groups is 1. The molecule has 0 bridgehead atoms. The summed E-state index contributed by atoms with van der Waals surface area (Å²) in [6.07, 6.45) is -0.258. The third kappa shape index (κ3) is 4.14. The second-order valence-electron chi connectivity index (χ2n) is 5.88. The second kappa shape index (κ2) is 6.27. The van der Waals surface area contributed by atoms with Crippen LogP contribution in [0.3, 0.4) is 0 Å². The molecule has 0 saturated carbocycles. The van der Waals surface area contributed by atoms with Gasteiger partial charge in [-0.1, -0.05) is 11.6 Å². The molecule has 2 rings (SSSR count). The predicted molar refractivity (Wildman–Crippen MR) is 79.4 cm³/mol. The summed E-state index contributed by atoms with van der Waals surface area (Å²) in [6.45, 7) is 5.58. The first kappa shape index (κ1) is 16.2. The molecule has 0 radical (unpaired) electrons. The van der Waals surface area contributed by atoms with Gasteiger partial charge in [0.1, 0.15) is 0 Å². The van der Waals surface area contributed by atoms with Crippen molar-refractivity contribution in [3.05, 3.63) is 38.9 Å². The second-order valence-corrected chi connectivity index (χ2v) is 6.29. The quantitative estimate of drug-likeness (QED) is 0.681. The predicted octanol–water partition coefficient (Wildman–Crippen LogP) is 2.22. The number of hydrogen-bond donors (Lipinski definition) is 1. The molecule has 1 aliphatic rings. The van der Waals surface area contributed by atoms with Gasteiger partial charge in [-0.2, -0.15) is 0 Å². The zero-order valence-corrected chi connectivity index (χ0v) is 12.8. The summed E-state index contributed by atoms with van der Waals surface area (Å²) in [4.78, 5) is 12.5. The summed E-state index contributed by atoms with van der Waals surface area (Å²) >= 11 is 6.13. The highest BCUT2D eigenvalue weighted by atomic mass is 35.5. The van der Waals surface area contributed by atoms with Crippen LogP contribution in [0.25, 0.3) is 0 Å². The molecule has 1 unspecified atom stereocenters. The number of aliphatic hydroxyl groups excluding tert-OH is 1. The van der Waals surface area contributed by atoms with E-state index in [9.17, 15) is 15.2 Å². The van der Waals surface area contributed by atoms with Crippen LogP contribution in [-0.2, 0) is 11.3 Å². The minimum atomic E-state index is -0.431. The Labute approximate surface area is 128 Å². The molecule has 1 fully saturated rings. The topological polar surface area (TPSA) is 75.8 Å². The maximum atomic E-state index is 10.9. The number of benzene rings is 1. The molecule has 1 saturated heterocycles. The summed E-state index contributed by atoms with van der Waals surface area (Å²) in [5.41, 5.74) is 0.361. The molecule has 0 spiro atoms. The van der Waals surface area contributed by atoms with Crippen molar-refractivity contribution in [3.8, 4) is 0 Å². The number of rotatable bonds is 4. The van der Waals surface area contributed by atoms with E-state index >= 15 is 0 Å². The highest BCUT2D eigenvalue weighted by molar-refractivity contribution is 6.31. The van der Waals surface area contributed by atoms with Crippen molar-refractivity contribution >= 4 is 17.3 Å². The van der Waals surface area contributed by atoms with Crippen LogP contribution in [0.4, 0.5) is 5.69 Å². The Kier molecular flexibility index (Phi) is 4.83. The Morgan fingerprint density at radius 2 is 2.29 bits per heavy atom. The lowest BCUT2D eigenvalue weighted by Gasteiger charge is -2.42. The van der Waals surface area contributed by atoms with Crippen molar-refractivity contribution in [2.24, 2.45) is 0 Å². The van der Waals surface area contributed by atoms with Crippen molar-refractivity contribution < 1.29 is 14.8 Å². The van der Waals surface area contributed by atoms with Gasteiger partial charge in [0.15, 0.2) is 0 Å². The number of non-ortho nitro benzene ring substituents is 1. The minimum Gasteiger partial charge on any atom is -0.394 e. The van der Waals surface area contributed by atoms with E-state index in [2.05, 4.69) is 4.90 Å². The van der Waals surface area contributed by atoms with Gasteiger partial charge in [0, 0.05) is 36.8 Å². The molecule has 0 amide bonds. The maximum Gasteiger partial charge on any atom is 0.269 e. The number of nitrogens with zero attached hydrogens (tertiary/aromatic N) is 2. The van der Waals surface area contributed by atoms with Gasteiger partial charge in [-0.15, -0.1) is 0 Å². The van der Waals surface area contributed by atoms with Crippen LogP contribution in [-0.4, -0.2) is 46.3 Å². The van der Waals surface area contributed by atoms with E-state index in [1.807, 2.05) is 13.8 Å². The van der Waals surface area contributed by atoms with Gasteiger partial charge in [0.05, 0.1) is 23.2 Å². The summed E-state index contributed by atoms with van der Waals surface area (Å²) in [5, 5.41) is 20.7. The summed E-state index contributed by atoms with van der Waals surface area (Å²) in [5.74, 6) is 0. The number of morpholine rings is 1. The Bertz CT molecular complexity index is 536. The number of ether oxygens (including phenoxy) is 1. The standard InChI is InChI=1S/C14H19ClN2O4/c1-14(2)9-16(7-12(8-18)21-14)6-10-5-11(17(19)20)3-4-13(10)15/h3-5,12,18H,6-9H2,1-2H3. The fraction of sp³-hybridized carbons (Fsp3) is 0.571. The van der Waals surface area contributed by atoms with Crippen molar-refractivity contribution in [2.75, 3.05) is 19.7 Å². The molecule has 1 N–H and O–H groups in total. The first-order valence-corrected chi connectivity index (χ1v) is 7.12. The van der Waals surface area contributed by atoms with Gasteiger partial charge in [0.2, 0.25) is 0 Å². The Hall–Kier alpha value is -1.21. The van der Waals surface area contributed by atoms with E-state index < -0.39 is 4.92 Å². The lowest BCUT2D eigenvalue weighted by Crippen LogP contribution is -2.53. The molecule has 1 aromatic carbocycles. The molecule has 1 aromatic rings. The zero-order chi connectivity index (χ0) is 15.6. The van der Waals surface area contributed by atoms with Gasteiger partial charge in [-0.3, -0.25) is 15.0 Å². The number of nitro benzene ring substituents is 1. The van der Waals surface area contributed by atoms with Crippen LogP contribution < -0.4 is 0 Å². The van der Waals surface area contributed by atoms with E-state index in [1.54, 1.807) is 6.07 Å². The molecule has 0 aromatic heterocycles. The van der Waals surface area contributed by atoms with Crippen molar-refractivity contribution in [1.29, 1.82) is 0 Å². The highest BCUT2D eigenvalue weighted by Crippen LogP contribution is 2.27. The van der Waals surface area contributed by atoms with Gasteiger partial charge in [0.25, 0.3) is 5.69 Å². The molecule has 1 heterocycles. The normalized spacial score (nSPS) is 22.2.